The zero-order valence-electron chi connectivity index (χ0n) is 11.6. The van der Waals surface area contributed by atoms with Crippen molar-refractivity contribution in [2.75, 3.05) is 11.1 Å². The predicted octanol–water partition coefficient (Wildman–Crippen LogP) is 0.506. The number of hydrogen-bond donors (Lipinski definition) is 4. The zero-order chi connectivity index (χ0) is 15.2. The highest BCUT2D eigenvalue weighted by Gasteiger charge is 2.13. The summed E-state index contributed by atoms with van der Waals surface area (Å²) in [7, 11) is 0. The van der Waals surface area contributed by atoms with Crippen LogP contribution in [0.2, 0.25) is 0 Å². The van der Waals surface area contributed by atoms with Crippen LogP contribution in [-0.4, -0.2) is 21.8 Å². The summed E-state index contributed by atoms with van der Waals surface area (Å²) in [5.41, 5.74) is 16.9. The van der Waals surface area contributed by atoms with Gasteiger partial charge in [0.15, 0.2) is 17.5 Å². The Balaban J connectivity index is 0.00000242. The molecule has 0 atom stereocenters. The third kappa shape index (κ3) is 4.60. The molecule has 0 spiro atoms. The molecule has 2 aromatic rings. The fourth-order valence-corrected chi connectivity index (χ4v) is 1.61. The molecule has 0 aliphatic rings. The Bertz CT molecular complexity index is 671. The van der Waals surface area contributed by atoms with Crippen LogP contribution in [0.3, 0.4) is 0 Å². The molecule has 1 aromatic carbocycles. The van der Waals surface area contributed by atoms with Crippen LogP contribution in [0.15, 0.2) is 41.5 Å². The van der Waals surface area contributed by atoms with Crippen LogP contribution in [-0.2, 0) is 6.54 Å². The highest BCUT2D eigenvalue weighted by Crippen LogP contribution is 2.12. The van der Waals surface area contributed by atoms with Crippen molar-refractivity contribution in [1.29, 1.82) is 0 Å². The van der Waals surface area contributed by atoms with Gasteiger partial charge in [0.2, 0.25) is 0 Å². The Labute approximate surface area is 133 Å². The van der Waals surface area contributed by atoms with Crippen LogP contribution < -0.4 is 22.5 Å². The molecule has 7 N–H and O–H groups in total. The molecule has 1 heterocycles. The zero-order valence-corrected chi connectivity index (χ0v) is 12.4. The van der Waals surface area contributed by atoms with Gasteiger partial charge in [-0.25, -0.2) is 9.97 Å². The maximum absolute atomic E-state index is 11.6. The molecule has 9 heteroatoms. The van der Waals surface area contributed by atoms with Crippen molar-refractivity contribution in [3.8, 4) is 0 Å². The number of nitrogen functional groups attached to an aromatic ring is 1. The fourth-order valence-electron chi connectivity index (χ4n) is 1.61. The molecule has 0 aliphatic heterocycles. The van der Waals surface area contributed by atoms with Gasteiger partial charge in [0.05, 0.1) is 6.20 Å². The monoisotopic (exact) mass is 321 g/mol. The van der Waals surface area contributed by atoms with E-state index in [2.05, 4.69) is 20.3 Å². The van der Waals surface area contributed by atoms with Gasteiger partial charge in [0.1, 0.15) is 5.82 Å². The molecule has 22 heavy (non-hydrogen) atoms. The van der Waals surface area contributed by atoms with E-state index in [9.17, 15) is 4.79 Å². The van der Waals surface area contributed by atoms with E-state index >= 15 is 0 Å². The van der Waals surface area contributed by atoms with Crippen molar-refractivity contribution in [3.05, 3.63) is 47.8 Å². The van der Waals surface area contributed by atoms with E-state index in [1.165, 1.54) is 6.20 Å². The van der Waals surface area contributed by atoms with Gasteiger partial charge >= 0.3 is 5.91 Å². The van der Waals surface area contributed by atoms with Crippen LogP contribution in [0.1, 0.15) is 16.1 Å². The summed E-state index contributed by atoms with van der Waals surface area (Å²) in [6.45, 7) is 0.566. The number of anilines is 2. The molecular formula is C13H16ClN7O. The number of nitrogens with one attached hydrogen (secondary N) is 1. The van der Waals surface area contributed by atoms with E-state index in [4.69, 9.17) is 17.2 Å². The third-order valence-corrected chi connectivity index (χ3v) is 2.55. The van der Waals surface area contributed by atoms with Gasteiger partial charge in [-0.15, -0.1) is 12.4 Å². The van der Waals surface area contributed by atoms with E-state index in [0.29, 0.717) is 12.4 Å². The summed E-state index contributed by atoms with van der Waals surface area (Å²) in [6, 6.07) is 9.76. The maximum Gasteiger partial charge on any atom is 0.302 e. The van der Waals surface area contributed by atoms with Gasteiger partial charge in [0.25, 0.3) is 0 Å². The van der Waals surface area contributed by atoms with Crippen molar-refractivity contribution >= 4 is 35.9 Å². The molecule has 0 saturated carbocycles. The van der Waals surface area contributed by atoms with E-state index in [-0.39, 0.29) is 29.9 Å². The molecule has 0 fully saturated rings. The van der Waals surface area contributed by atoms with Gasteiger partial charge < -0.3 is 22.5 Å². The molecule has 2 rings (SSSR count). The highest BCUT2D eigenvalue weighted by molar-refractivity contribution is 6.03. The lowest BCUT2D eigenvalue weighted by atomic mass is 10.2. The number of amides is 1. The number of nitrogens with zero attached hydrogens (tertiary/aromatic N) is 3. The van der Waals surface area contributed by atoms with Crippen molar-refractivity contribution in [1.82, 2.24) is 9.97 Å². The minimum absolute atomic E-state index is 0. The standard InChI is InChI=1S/C13H15N7O.ClH/c14-11-10(12(21)20-13(15)16)18-7-9(19-11)17-6-8-4-2-1-3-5-8;/h1-5,7H,6H2,(H3,14,17,19)(H4,15,16,20,21);1H. The summed E-state index contributed by atoms with van der Waals surface area (Å²) in [5.74, 6) is -0.664. The number of nitrogens with two attached hydrogens (primary N) is 3. The molecule has 0 saturated heterocycles. The lowest BCUT2D eigenvalue weighted by molar-refractivity contribution is 0.0998. The Morgan fingerprint density at radius 1 is 1.23 bits per heavy atom. The Kier molecular flexibility index (Phi) is 6.09. The van der Waals surface area contributed by atoms with Crippen LogP contribution in [0.5, 0.6) is 0 Å². The van der Waals surface area contributed by atoms with Crippen LogP contribution >= 0.6 is 12.4 Å². The molecule has 1 aromatic heterocycles. The van der Waals surface area contributed by atoms with E-state index < -0.39 is 5.91 Å². The number of aromatic nitrogens is 2. The maximum atomic E-state index is 11.6. The third-order valence-electron chi connectivity index (χ3n) is 2.55. The highest BCUT2D eigenvalue weighted by atomic mass is 35.5. The first-order valence-corrected chi connectivity index (χ1v) is 6.10. The summed E-state index contributed by atoms with van der Waals surface area (Å²) in [4.78, 5) is 23.0. The van der Waals surface area contributed by atoms with Gasteiger partial charge in [-0.3, -0.25) is 4.79 Å². The van der Waals surface area contributed by atoms with Crippen molar-refractivity contribution < 1.29 is 4.79 Å². The first kappa shape index (κ1) is 17.2. The SMILES string of the molecule is Cl.NC(N)=NC(=O)c1ncc(NCc2ccccc2)nc1N. The molecule has 0 unspecified atom stereocenters. The summed E-state index contributed by atoms with van der Waals surface area (Å²) < 4.78 is 0. The average molecular weight is 322 g/mol. The van der Waals surface area contributed by atoms with Crippen molar-refractivity contribution in [2.45, 2.75) is 6.54 Å². The minimum atomic E-state index is -0.727. The first-order valence-electron chi connectivity index (χ1n) is 6.10. The van der Waals surface area contributed by atoms with Crippen molar-refractivity contribution in [3.63, 3.8) is 0 Å². The lowest BCUT2D eigenvalue weighted by Crippen LogP contribution is -2.24. The van der Waals surface area contributed by atoms with Crippen molar-refractivity contribution in [2.24, 2.45) is 16.5 Å². The Morgan fingerprint density at radius 2 is 1.91 bits per heavy atom. The van der Waals surface area contributed by atoms with E-state index in [0.717, 1.165) is 5.56 Å². The number of benzene rings is 1. The number of hydrogen-bond acceptors (Lipinski definition) is 5. The molecule has 0 bridgehead atoms. The van der Waals surface area contributed by atoms with Gasteiger partial charge in [-0.05, 0) is 5.56 Å². The molecule has 1 amide bonds. The quantitative estimate of drug-likeness (QED) is 0.474. The van der Waals surface area contributed by atoms with Gasteiger partial charge in [-0.2, -0.15) is 4.99 Å². The van der Waals surface area contributed by atoms with E-state index in [1.807, 2.05) is 30.3 Å². The number of halogens is 1. The fraction of sp³-hybridized carbons (Fsp3) is 0.0769. The lowest BCUT2D eigenvalue weighted by Gasteiger charge is -2.07. The predicted molar refractivity (Wildman–Crippen MR) is 87.6 cm³/mol. The number of guanidine groups is 1. The van der Waals surface area contributed by atoms with E-state index in [1.54, 1.807) is 0 Å². The molecular weight excluding hydrogens is 306 g/mol. The van der Waals surface area contributed by atoms with Crippen LogP contribution in [0, 0.1) is 0 Å². The molecule has 116 valence electrons. The normalized spacial score (nSPS) is 9.45. The number of carbonyl (C=O) groups excluding carboxylic acids is 1. The second-order valence-electron chi connectivity index (χ2n) is 4.17. The van der Waals surface area contributed by atoms with Crippen LogP contribution in [0.4, 0.5) is 11.6 Å². The molecule has 0 aliphatic carbocycles. The largest absolute Gasteiger partial charge is 0.382 e. The summed E-state index contributed by atoms with van der Waals surface area (Å²) in [5, 5.41) is 3.06. The smallest absolute Gasteiger partial charge is 0.302 e. The Morgan fingerprint density at radius 3 is 2.50 bits per heavy atom. The molecule has 0 radical (unpaired) electrons. The summed E-state index contributed by atoms with van der Waals surface area (Å²) >= 11 is 0. The number of carbonyl (C=O) groups is 1. The number of rotatable bonds is 4. The van der Waals surface area contributed by atoms with Crippen LogP contribution in [0.25, 0.3) is 0 Å². The molecule has 8 nitrogen and oxygen atoms in total. The second-order valence-corrected chi connectivity index (χ2v) is 4.17. The van der Waals surface area contributed by atoms with Gasteiger partial charge in [0, 0.05) is 6.54 Å². The van der Waals surface area contributed by atoms with Gasteiger partial charge in [-0.1, -0.05) is 30.3 Å². The minimum Gasteiger partial charge on any atom is -0.382 e. The average Bonchev–Trinajstić information content (AvgIpc) is 2.45. The number of aliphatic imine (C=N–C) groups is 1. The topological polar surface area (TPSA) is 145 Å². The Hall–Kier alpha value is -2.87. The summed E-state index contributed by atoms with van der Waals surface area (Å²) in [6.07, 6.45) is 1.40. The first-order chi connectivity index (χ1) is 10.1. The second kappa shape index (κ2) is 7.79.